The number of methoxy groups -OCH3 is 2. The van der Waals surface area contributed by atoms with E-state index in [1.54, 1.807) is 31.2 Å². The van der Waals surface area contributed by atoms with Crippen molar-refractivity contribution in [2.24, 2.45) is 23.7 Å². The Morgan fingerprint density at radius 3 is 2.15 bits per heavy atom. The molecule has 5 aromatic heterocycles. The van der Waals surface area contributed by atoms with Gasteiger partial charge in [0.2, 0.25) is 23.6 Å². The molecule has 134 heavy (non-hydrogen) atoms. The Balaban J connectivity index is 0.457. The quantitative estimate of drug-likeness (QED) is 0.0138. The number of allylic oxidation sites excluding steroid dienone is 6. The number of nitrogens with two attached hydrogens (primary N) is 2. The van der Waals surface area contributed by atoms with Gasteiger partial charge in [0.15, 0.2) is 17.0 Å². The summed E-state index contributed by atoms with van der Waals surface area (Å²) in [6.45, 7) is 17.5. The molecule has 7 aromatic rings. The molecule has 14 rings (SSSR count). The van der Waals surface area contributed by atoms with Crippen LogP contribution in [0.3, 0.4) is 0 Å². The summed E-state index contributed by atoms with van der Waals surface area (Å²) in [5, 5.41) is 32.0. The van der Waals surface area contributed by atoms with E-state index in [1.165, 1.54) is 36.3 Å². The van der Waals surface area contributed by atoms with Gasteiger partial charge in [-0.1, -0.05) is 75.4 Å². The first-order valence-electron chi connectivity index (χ1n) is 47.5. The molecule has 2 aromatic carbocycles. The van der Waals surface area contributed by atoms with E-state index in [0.717, 1.165) is 59.2 Å². The number of ketones is 2. The predicted octanol–water partition coefficient (Wildman–Crippen LogP) is 9.93. The number of nitrogen functional groups attached to an aromatic ring is 2. The van der Waals surface area contributed by atoms with Crippen LogP contribution < -0.4 is 26.6 Å². The molecule has 6 aliphatic heterocycles. The van der Waals surface area contributed by atoms with E-state index in [0.29, 0.717) is 232 Å². The molecular formula is C98H131N17O19. The number of anilines is 4. The first kappa shape index (κ1) is 98.9. The summed E-state index contributed by atoms with van der Waals surface area (Å²) >= 11 is 0. The molecule has 4 amide bonds. The van der Waals surface area contributed by atoms with Crippen LogP contribution in [-0.4, -0.2) is 279 Å². The number of esters is 1. The lowest BCUT2D eigenvalue weighted by molar-refractivity contribution is -0.245. The minimum absolute atomic E-state index is 0.0339. The third-order valence-corrected chi connectivity index (χ3v) is 26.7. The van der Waals surface area contributed by atoms with Gasteiger partial charge in [-0.15, -0.1) is 0 Å². The number of rotatable bonds is 27. The number of aliphatic hydroxyl groups excluding tert-OH is 1. The number of piperidine rings is 1. The number of nitrogens with one attached hydrogen (secondary N) is 1. The van der Waals surface area contributed by atoms with Crippen LogP contribution in [-0.2, 0) is 99.1 Å². The summed E-state index contributed by atoms with van der Waals surface area (Å²) in [6, 6.07) is 10.9. The van der Waals surface area contributed by atoms with Crippen molar-refractivity contribution in [3.8, 4) is 11.3 Å². The number of aromatic nitrogens is 9. The Labute approximate surface area is 781 Å². The Morgan fingerprint density at radius 2 is 1.40 bits per heavy atom. The zero-order valence-corrected chi connectivity index (χ0v) is 78.2. The van der Waals surface area contributed by atoms with Gasteiger partial charge in [-0.2, -0.15) is 10.1 Å². The summed E-state index contributed by atoms with van der Waals surface area (Å²) in [6.07, 6.45) is 23.3. The average Bonchev–Trinajstić information content (AvgIpc) is 1.63. The summed E-state index contributed by atoms with van der Waals surface area (Å²) in [7, 11) is 3.02. The maximum Gasteiger partial charge on any atom is 0.410 e. The maximum absolute atomic E-state index is 14.6. The van der Waals surface area contributed by atoms with Crippen molar-refractivity contribution in [2.75, 3.05) is 141 Å². The van der Waals surface area contributed by atoms with Gasteiger partial charge in [-0.3, -0.25) is 24.0 Å². The summed E-state index contributed by atoms with van der Waals surface area (Å²) in [4.78, 5) is 138. The van der Waals surface area contributed by atoms with Crippen LogP contribution in [0.5, 0.6) is 0 Å². The standard InChI is InChI=1S/C98H131N17O19/c1-62-14-9-8-10-15-64(3)81(125-6)54-76-16-13-33-98(124,134-76)88(119)92(121)114-35-12-11-17-79(114)93(122)131-74(25-18-63(2)51-66(5)86(118)87(126-7)85(117)65(4)50-62)26-20-67-21-27-75(28-22-67)132-97(123)113-37-31-77-73(60-113)57-104-96(108-77)111-40-38-110(39-41-111)95-102-55-72(56-103-95)91(120)101-34-43-128-45-47-130-49-48-129-46-44-127-42-32-82(116)112-36-30-69-52-68(19-23-71(69)59-112)58-115-90-83(89(99)105-61-106-90)84(109-115)70-24-29-80-78(53-70)107-94(100)133-80/h8-10,14-15,19,23-24,29,51-53,55-57,61-63,65,67,74-76,79,81,86-87,118,124H,11-13,16-18,20-22,25-28,30-50,54,58-60H2,1-7H3,(H2,100,107)(H,101,120)(H2,99,105,106)/b10-8?,14-9+,64-15?,66-51+/t62-,63+,65-,67?,74+,75?,76?,79+,81+,86-,87+,98-/m1/s1. The van der Waals surface area contributed by atoms with E-state index in [1.807, 2.05) is 85.9 Å². The summed E-state index contributed by atoms with van der Waals surface area (Å²) in [5.41, 5.74) is 22.2. The maximum atomic E-state index is 14.6. The van der Waals surface area contributed by atoms with E-state index >= 15 is 0 Å². The number of aliphatic hydroxyl groups is 2. The fraction of sp³-hybridized carbons (Fsp3) is 0.582. The fourth-order valence-electron chi connectivity index (χ4n) is 19.1. The molecule has 0 radical (unpaired) electrons. The number of Topliss-reactive ketones (excluding diaryl/α,β-unsaturated/α-hetero) is 2. The molecule has 1 aliphatic carbocycles. The van der Waals surface area contributed by atoms with Crippen molar-refractivity contribution in [3.05, 3.63) is 142 Å². The molecule has 0 spiro atoms. The number of amides is 4. The van der Waals surface area contributed by atoms with Crippen molar-refractivity contribution in [2.45, 2.75) is 225 Å². The van der Waals surface area contributed by atoms with Gasteiger partial charge in [-0.25, -0.2) is 44.2 Å². The molecule has 7 aliphatic rings. The molecule has 11 heterocycles. The fourth-order valence-corrected chi connectivity index (χ4v) is 19.1. The van der Waals surface area contributed by atoms with Crippen molar-refractivity contribution in [1.82, 2.24) is 64.7 Å². The van der Waals surface area contributed by atoms with Crippen LogP contribution in [0.2, 0.25) is 0 Å². The zero-order chi connectivity index (χ0) is 94.4. The number of piperazine rings is 1. The van der Waals surface area contributed by atoms with E-state index < -0.39 is 65.9 Å². The number of cyclic esters (lactones) is 1. The van der Waals surface area contributed by atoms with Gasteiger partial charge in [-0.05, 0) is 174 Å². The number of oxazole rings is 1. The number of hydrogen-bond donors (Lipinski definition) is 5. The van der Waals surface area contributed by atoms with Gasteiger partial charge < -0.3 is 98.5 Å². The molecule has 2 bridgehead atoms. The van der Waals surface area contributed by atoms with Gasteiger partial charge in [0.25, 0.3) is 23.6 Å². The Bertz CT molecular complexity index is 5320. The lowest BCUT2D eigenvalue weighted by Crippen LogP contribution is -2.58. The normalized spacial score (nSPS) is 25.4. The SMILES string of the molecule is CO[C@H]1CC2CCC[C@@](O)(O2)C(=O)C(=O)N2CCCC[C@H]2C(=O)O[C@H](CCC2CCC(OC(=O)N3CCc4nc(N5CCN(c6ncc(C(=O)NCCOCCOCCOCCOCCC(=O)N7CCc8cc(Cn9nc(-c%10ccc%11oc(N)nc%11c%10)c%10c(N)ncnc%109)ccc8C7)cn6)CC5)ncc4C3)CC2)CC[C@H](C)/C=C(\C)[C@@H](O)[C@@H](OC)C(=O)[C@H](C)C[C@H](C)/C=C/C=CC=C1C. The monoisotopic (exact) mass is 1850 g/mol. The van der Waals surface area contributed by atoms with Crippen LogP contribution in [0, 0.1) is 23.7 Å². The van der Waals surface area contributed by atoms with Crippen LogP contribution in [0.25, 0.3) is 33.4 Å². The molecule has 4 fully saturated rings. The third kappa shape index (κ3) is 25.9. The van der Waals surface area contributed by atoms with Gasteiger partial charge in [0.05, 0.1) is 101 Å². The highest BCUT2D eigenvalue weighted by atomic mass is 16.6. The number of benzene rings is 2. The van der Waals surface area contributed by atoms with E-state index in [4.69, 9.17) is 73.6 Å². The number of ether oxygens (including phenoxy) is 9. The molecule has 7 N–H and O–H groups in total. The zero-order valence-electron chi connectivity index (χ0n) is 78.2. The summed E-state index contributed by atoms with van der Waals surface area (Å²) < 4.78 is 60.4. The molecule has 36 nitrogen and oxygen atoms in total. The van der Waals surface area contributed by atoms with E-state index in [-0.39, 0.29) is 99.1 Å². The topological polar surface area (TPSA) is 444 Å². The van der Waals surface area contributed by atoms with Crippen LogP contribution in [0.4, 0.5) is 28.5 Å². The first-order valence-corrected chi connectivity index (χ1v) is 47.5. The second kappa shape index (κ2) is 47.4. The molecular weight excluding hydrogens is 1720 g/mol. The van der Waals surface area contributed by atoms with Crippen LogP contribution >= 0.6 is 0 Å². The average molecular weight is 1850 g/mol. The van der Waals surface area contributed by atoms with Crippen molar-refractivity contribution in [3.63, 3.8) is 0 Å². The first-order chi connectivity index (χ1) is 64.8. The second-order valence-corrected chi connectivity index (χ2v) is 36.5. The third-order valence-electron chi connectivity index (χ3n) is 26.7. The Hall–Kier alpha value is -11.1. The van der Waals surface area contributed by atoms with Crippen LogP contribution in [0.1, 0.15) is 182 Å². The second-order valence-electron chi connectivity index (χ2n) is 36.5. The smallest absolute Gasteiger partial charge is 0.410 e. The van der Waals surface area contributed by atoms with Crippen molar-refractivity contribution >= 4 is 87.2 Å². The Morgan fingerprint density at radius 1 is 0.672 bits per heavy atom. The van der Waals surface area contributed by atoms with Gasteiger partial charge >= 0.3 is 12.1 Å². The lowest BCUT2D eigenvalue weighted by Gasteiger charge is -2.39. The van der Waals surface area contributed by atoms with E-state index in [9.17, 15) is 43.8 Å². The minimum Gasteiger partial charge on any atom is -0.461 e. The minimum atomic E-state index is -2.38. The van der Waals surface area contributed by atoms with Crippen molar-refractivity contribution in [1.29, 1.82) is 0 Å². The molecule has 3 saturated heterocycles. The number of carbonyl (C=O) groups excluding carboxylic acids is 7. The lowest BCUT2D eigenvalue weighted by atomic mass is 9.83. The highest BCUT2D eigenvalue weighted by Gasteiger charge is 2.50. The van der Waals surface area contributed by atoms with Gasteiger partial charge in [0, 0.05) is 128 Å². The van der Waals surface area contributed by atoms with Gasteiger partial charge in [0.1, 0.15) is 53.8 Å². The predicted molar refractivity (Wildman–Crippen MR) is 498 cm³/mol. The summed E-state index contributed by atoms with van der Waals surface area (Å²) in [5.74, 6) is -4.35. The van der Waals surface area contributed by atoms with Crippen LogP contribution in [0.15, 0.2) is 113 Å². The van der Waals surface area contributed by atoms with E-state index in [2.05, 4.69) is 58.2 Å². The molecule has 1 saturated carbocycles. The number of hydrogen-bond acceptors (Lipinski definition) is 31. The number of nitrogens with zero attached hydrogens (tertiary/aromatic N) is 14. The highest BCUT2D eigenvalue weighted by Crippen LogP contribution is 2.38. The highest BCUT2D eigenvalue weighted by molar-refractivity contribution is 6.39. The van der Waals surface area contributed by atoms with Crippen molar-refractivity contribution < 1.29 is 90.8 Å². The number of carbonyl (C=O) groups is 7. The largest absolute Gasteiger partial charge is 0.461 e. The molecule has 1 unspecified atom stereocenters. The number of fused-ring (bicyclic) bond motifs is 7. The molecule has 10 atom stereocenters. The molecule has 36 heteroatoms. The molecule has 722 valence electrons. The Kier molecular flexibility index (Phi) is 35.0.